The molecule has 3 nitrogen and oxygen atoms in total. The molecule has 0 saturated heterocycles. The average molecular weight is 273 g/mol. The number of hydrogen-bond donors (Lipinski definition) is 1. The monoisotopic (exact) mass is 273 g/mol. The van der Waals surface area contributed by atoms with Gasteiger partial charge in [0.1, 0.15) is 11.6 Å². The standard InChI is InChI=1S/C15H13F2N3/c1-20-14-5-3-2-4-13(14)19-15(20)18-9-10-8-11(16)6-7-12(10)17/h2-8H,9H2,1H3,(H,18,19). The van der Waals surface area contributed by atoms with Gasteiger partial charge < -0.3 is 9.88 Å². The van der Waals surface area contributed by atoms with Gasteiger partial charge in [-0.1, -0.05) is 12.1 Å². The smallest absolute Gasteiger partial charge is 0.203 e. The van der Waals surface area contributed by atoms with Crippen molar-refractivity contribution in [3.8, 4) is 0 Å². The van der Waals surface area contributed by atoms with Gasteiger partial charge in [-0.2, -0.15) is 0 Å². The summed E-state index contributed by atoms with van der Waals surface area (Å²) in [6.45, 7) is 0.181. The van der Waals surface area contributed by atoms with Crippen LogP contribution in [0.1, 0.15) is 5.56 Å². The lowest BCUT2D eigenvalue weighted by Gasteiger charge is -2.07. The van der Waals surface area contributed by atoms with Gasteiger partial charge in [0.25, 0.3) is 0 Å². The van der Waals surface area contributed by atoms with Crippen molar-refractivity contribution in [2.45, 2.75) is 6.54 Å². The summed E-state index contributed by atoms with van der Waals surface area (Å²) in [6.07, 6.45) is 0. The molecule has 0 saturated carbocycles. The molecular formula is C15H13F2N3. The largest absolute Gasteiger partial charge is 0.351 e. The number of para-hydroxylation sites is 2. The first-order valence-electron chi connectivity index (χ1n) is 6.24. The second kappa shape index (κ2) is 4.92. The third kappa shape index (κ3) is 2.22. The molecule has 0 bridgehead atoms. The Labute approximate surface area is 114 Å². The number of aromatic nitrogens is 2. The maximum absolute atomic E-state index is 13.5. The molecule has 3 aromatic rings. The SMILES string of the molecule is Cn1c(NCc2cc(F)ccc2F)nc2ccccc21. The van der Waals surface area contributed by atoms with E-state index in [9.17, 15) is 8.78 Å². The van der Waals surface area contributed by atoms with E-state index < -0.39 is 11.6 Å². The zero-order valence-corrected chi connectivity index (χ0v) is 10.9. The first-order chi connectivity index (χ1) is 9.65. The van der Waals surface area contributed by atoms with Crippen LogP contribution in [0.5, 0.6) is 0 Å². The van der Waals surface area contributed by atoms with Gasteiger partial charge in [-0.15, -0.1) is 0 Å². The van der Waals surface area contributed by atoms with E-state index >= 15 is 0 Å². The number of anilines is 1. The number of aryl methyl sites for hydroxylation is 1. The molecule has 1 N–H and O–H groups in total. The highest BCUT2D eigenvalue weighted by Crippen LogP contribution is 2.18. The molecule has 0 spiro atoms. The molecular weight excluding hydrogens is 260 g/mol. The van der Waals surface area contributed by atoms with Crippen LogP contribution >= 0.6 is 0 Å². The van der Waals surface area contributed by atoms with Gasteiger partial charge in [-0.05, 0) is 30.3 Å². The Balaban J connectivity index is 1.87. The number of nitrogens with zero attached hydrogens (tertiary/aromatic N) is 2. The summed E-state index contributed by atoms with van der Waals surface area (Å²) < 4.78 is 28.5. The fourth-order valence-electron chi connectivity index (χ4n) is 2.16. The first kappa shape index (κ1) is 12.6. The zero-order valence-electron chi connectivity index (χ0n) is 10.9. The number of fused-ring (bicyclic) bond motifs is 1. The summed E-state index contributed by atoms with van der Waals surface area (Å²) in [5.74, 6) is -0.263. The molecule has 102 valence electrons. The number of hydrogen-bond acceptors (Lipinski definition) is 2. The van der Waals surface area contributed by atoms with Gasteiger partial charge in [0.05, 0.1) is 11.0 Å². The van der Waals surface area contributed by atoms with E-state index in [0.29, 0.717) is 5.95 Å². The second-order valence-electron chi connectivity index (χ2n) is 4.57. The average Bonchev–Trinajstić information content (AvgIpc) is 2.77. The number of nitrogens with one attached hydrogen (secondary N) is 1. The minimum absolute atomic E-state index is 0.181. The lowest BCUT2D eigenvalue weighted by molar-refractivity contribution is 0.587. The van der Waals surface area contributed by atoms with Crippen LogP contribution in [0.2, 0.25) is 0 Å². The Kier molecular flexibility index (Phi) is 3.10. The molecule has 1 heterocycles. The molecule has 20 heavy (non-hydrogen) atoms. The molecule has 0 amide bonds. The van der Waals surface area contributed by atoms with Crippen molar-refractivity contribution in [3.05, 3.63) is 59.7 Å². The Bertz CT molecular complexity index is 765. The van der Waals surface area contributed by atoms with Crippen molar-refractivity contribution in [2.24, 2.45) is 7.05 Å². The summed E-state index contributed by atoms with van der Waals surface area (Å²) in [4.78, 5) is 4.42. The van der Waals surface area contributed by atoms with Crippen molar-refractivity contribution in [3.63, 3.8) is 0 Å². The van der Waals surface area contributed by atoms with Gasteiger partial charge in [-0.25, -0.2) is 13.8 Å². The van der Waals surface area contributed by atoms with E-state index in [-0.39, 0.29) is 12.1 Å². The minimum atomic E-state index is -0.451. The lowest BCUT2D eigenvalue weighted by Crippen LogP contribution is -2.06. The van der Waals surface area contributed by atoms with Gasteiger partial charge in [-0.3, -0.25) is 0 Å². The highest BCUT2D eigenvalue weighted by atomic mass is 19.1. The molecule has 0 fully saturated rings. The van der Waals surface area contributed by atoms with E-state index in [1.165, 1.54) is 6.07 Å². The normalized spacial score (nSPS) is 10.9. The van der Waals surface area contributed by atoms with Crippen molar-refractivity contribution in [2.75, 3.05) is 5.32 Å². The zero-order chi connectivity index (χ0) is 14.1. The molecule has 0 aliphatic heterocycles. The summed E-state index contributed by atoms with van der Waals surface area (Å²) in [7, 11) is 1.87. The Morgan fingerprint density at radius 2 is 1.95 bits per heavy atom. The number of halogens is 2. The minimum Gasteiger partial charge on any atom is -0.351 e. The number of benzene rings is 2. The van der Waals surface area contributed by atoms with Crippen LogP contribution < -0.4 is 5.32 Å². The lowest BCUT2D eigenvalue weighted by atomic mass is 10.2. The van der Waals surface area contributed by atoms with Gasteiger partial charge in [0, 0.05) is 19.2 Å². The van der Waals surface area contributed by atoms with Crippen LogP contribution in [-0.4, -0.2) is 9.55 Å². The molecule has 0 atom stereocenters. The summed E-state index contributed by atoms with van der Waals surface area (Å²) in [5, 5.41) is 3.03. The van der Waals surface area contributed by atoms with E-state index in [4.69, 9.17) is 0 Å². The summed E-state index contributed by atoms with van der Waals surface area (Å²) >= 11 is 0. The van der Waals surface area contributed by atoms with Crippen molar-refractivity contribution >= 4 is 17.0 Å². The summed E-state index contributed by atoms with van der Waals surface area (Å²) in [6, 6.07) is 11.1. The van der Waals surface area contributed by atoms with Crippen LogP contribution in [0.3, 0.4) is 0 Å². The maximum Gasteiger partial charge on any atom is 0.203 e. The highest BCUT2D eigenvalue weighted by molar-refractivity contribution is 5.78. The van der Waals surface area contributed by atoms with Gasteiger partial charge in [0.2, 0.25) is 5.95 Å². The highest BCUT2D eigenvalue weighted by Gasteiger charge is 2.08. The van der Waals surface area contributed by atoms with Gasteiger partial charge in [0.15, 0.2) is 0 Å². The van der Waals surface area contributed by atoms with Crippen LogP contribution in [0, 0.1) is 11.6 Å². The first-order valence-corrected chi connectivity index (χ1v) is 6.24. The number of imidazole rings is 1. The maximum atomic E-state index is 13.5. The van der Waals surface area contributed by atoms with E-state index in [1.54, 1.807) is 0 Å². The van der Waals surface area contributed by atoms with Crippen LogP contribution in [-0.2, 0) is 13.6 Å². The van der Waals surface area contributed by atoms with Crippen molar-refractivity contribution < 1.29 is 8.78 Å². The topological polar surface area (TPSA) is 29.9 Å². The molecule has 1 aromatic heterocycles. The van der Waals surface area contributed by atoms with E-state index in [2.05, 4.69) is 10.3 Å². The second-order valence-corrected chi connectivity index (χ2v) is 4.57. The number of rotatable bonds is 3. The van der Waals surface area contributed by atoms with E-state index in [0.717, 1.165) is 23.2 Å². The molecule has 0 radical (unpaired) electrons. The van der Waals surface area contributed by atoms with E-state index in [1.807, 2.05) is 35.9 Å². The van der Waals surface area contributed by atoms with Crippen LogP contribution in [0.25, 0.3) is 11.0 Å². The fraction of sp³-hybridized carbons (Fsp3) is 0.133. The predicted molar refractivity (Wildman–Crippen MR) is 74.4 cm³/mol. The molecule has 5 heteroatoms. The Hall–Kier alpha value is -2.43. The van der Waals surface area contributed by atoms with Crippen molar-refractivity contribution in [1.82, 2.24) is 9.55 Å². The van der Waals surface area contributed by atoms with Crippen LogP contribution in [0.4, 0.5) is 14.7 Å². The quantitative estimate of drug-likeness (QED) is 0.792. The third-order valence-corrected chi connectivity index (χ3v) is 3.23. The molecule has 2 aromatic carbocycles. The molecule has 0 aliphatic rings. The third-order valence-electron chi connectivity index (χ3n) is 3.23. The Morgan fingerprint density at radius 3 is 2.75 bits per heavy atom. The van der Waals surface area contributed by atoms with Crippen LogP contribution in [0.15, 0.2) is 42.5 Å². The predicted octanol–water partition coefficient (Wildman–Crippen LogP) is 3.46. The van der Waals surface area contributed by atoms with Crippen molar-refractivity contribution in [1.29, 1.82) is 0 Å². The van der Waals surface area contributed by atoms with Gasteiger partial charge >= 0.3 is 0 Å². The molecule has 3 rings (SSSR count). The Morgan fingerprint density at radius 1 is 1.15 bits per heavy atom. The fourth-order valence-corrected chi connectivity index (χ4v) is 2.16. The molecule has 0 aliphatic carbocycles. The summed E-state index contributed by atoms with van der Waals surface area (Å²) in [5.41, 5.74) is 2.11. The molecule has 0 unspecified atom stereocenters.